The fourth-order valence-corrected chi connectivity index (χ4v) is 2.70. The number of rotatable bonds is 3. The Labute approximate surface area is 111 Å². The maximum Gasteiger partial charge on any atom is 0.0806 e. The van der Waals surface area contributed by atoms with Crippen molar-refractivity contribution in [2.75, 3.05) is 18.4 Å². The summed E-state index contributed by atoms with van der Waals surface area (Å²) in [5, 5.41) is 0.892. The van der Waals surface area contributed by atoms with Gasteiger partial charge in [-0.05, 0) is 31.5 Å². The van der Waals surface area contributed by atoms with Crippen molar-refractivity contribution in [2.45, 2.75) is 32.1 Å². The molecule has 1 aliphatic heterocycles. The Morgan fingerprint density at radius 2 is 2.18 bits per heavy atom. The van der Waals surface area contributed by atoms with Gasteiger partial charge < -0.3 is 4.74 Å². The van der Waals surface area contributed by atoms with E-state index in [1.807, 2.05) is 12.4 Å². The van der Waals surface area contributed by atoms with Gasteiger partial charge >= 0.3 is 0 Å². The molecule has 1 aliphatic rings. The molecule has 0 N–H and O–H groups in total. The molecule has 2 rings (SSSR count). The molecular formula is C13H19BrN2O. The number of hydrogen-bond acceptors (Lipinski definition) is 3. The van der Waals surface area contributed by atoms with Crippen LogP contribution >= 0.6 is 15.9 Å². The van der Waals surface area contributed by atoms with Gasteiger partial charge in [0.25, 0.3) is 0 Å². The first-order valence-corrected chi connectivity index (χ1v) is 7.06. The zero-order valence-corrected chi connectivity index (χ0v) is 12.0. The summed E-state index contributed by atoms with van der Waals surface area (Å²) >= 11 is 3.51. The SMILES string of the molecule is CC1(C)CN(Cc2ccncc2)CC(CBr)O1. The molecule has 1 aromatic rings. The molecule has 0 radical (unpaired) electrons. The normalized spacial score (nSPS) is 24.8. The van der Waals surface area contributed by atoms with E-state index in [0.717, 1.165) is 25.0 Å². The molecule has 1 atom stereocenters. The molecule has 17 heavy (non-hydrogen) atoms. The summed E-state index contributed by atoms with van der Waals surface area (Å²) in [4.78, 5) is 6.50. The summed E-state index contributed by atoms with van der Waals surface area (Å²) in [6.45, 7) is 7.23. The Kier molecular flexibility index (Phi) is 4.17. The van der Waals surface area contributed by atoms with E-state index in [1.54, 1.807) is 0 Å². The van der Waals surface area contributed by atoms with Crippen LogP contribution in [0.5, 0.6) is 0 Å². The average Bonchev–Trinajstić information content (AvgIpc) is 2.28. The zero-order chi connectivity index (χ0) is 12.3. The van der Waals surface area contributed by atoms with Crippen LogP contribution in [0.15, 0.2) is 24.5 Å². The van der Waals surface area contributed by atoms with Crippen LogP contribution in [0.3, 0.4) is 0 Å². The number of ether oxygens (including phenoxy) is 1. The van der Waals surface area contributed by atoms with Crippen LogP contribution in [0.4, 0.5) is 0 Å². The van der Waals surface area contributed by atoms with Crippen molar-refractivity contribution in [3.63, 3.8) is 0 Å². The topological polar surface area (TPSA) is 25.4 Å². The number of hydrogen-bond donors (Lipinski definition) is 0. The fourth-order valence-electron chi connectivity index (χ4n) is 2.36. The third kappa shape index (κ3) is 3.76. The van der Waals surface area contributed by atoms with Crippen molar-refractivity contribution in [3.8, 4) is 0 Å². The van der Waals surface area contributed by atoms with Gasteiger partial charge in [-0.2, -0.15) is 0 Å². The molecule has 0 amide bonds. The standard InChI is InChI=1S/C13H19BrN2O/c1-13(2)10-16(9-12(7-14)17-13)8-11-3-5-15-6-4-11/h3-6,12H,7-10H2,1-2H3. The van der Waals surface area contributed by atoms with Crippen LogP contribution in [-0.4, -0.2) is 40.0 Å². The van der Waals surface area contributed by atoms with E-state index in [-0.39, 0.29) is 11.7 Å². The highest BCUT2D eigenvalue weighted by molar-refractivity contribution is 9.09. The van der Waals surface area contributed by atoms with Crippen LogP contribution in [0.1, 0.15) is 19.4 Å². The van der Waals surface area contributed by atoms with Crippen molar-refractivity contribution < 1.29 is 4.74 Å². The Morgan fingerprint density at radius 1 is 1.47 bits per heavy atom. The van der Waals surface area contributed by atoms with Gasteiger partial charge in [-0.3, -0.25) is 9.88 Å². The van der Waals surface area contributed by atoms with Crippen LogP contribution < -0.4 is 0 Å². The molecular weight excluding hydrogens is 280 g/mol. The Bertz CT molecular complexity index is 356. The van der Waals surface area contributed by atoms with E-state index in [0.29, 0.717) is 0 Å². The van der Waals surface area contributed by atoms with Gasteiger partial charge in [0.2, 0.25) is 0 Å². The lowest BCUT2D eigenvalue weighted by atomic mass is 10.0. The highest BCUT2D eigenvalue weighted by Gasteiger charge is 2.32. The largest absolute Gasteiger partial charge is 0.369 e. The molecule has 3 nitrogen and oxygen atoms in total. The van der Waals surface area contributed by atoms with E-state index in [2.05, 4.69) is 51.8 Å². The Balaban J connectivity index is 2.01. The summed E-state index contributed by atoms with van der Waals surface area (Å²) in [6.07, 6.45) is 3.98. The van der Waals surface area contributed by atoms with Crippen LogP contribution in [0.25, 0.3) is 0 Å². The number of nitrogens with zero attached hydrogens (tertiary/aromatic N) is 2. The molecule has 1 saturated heterocycles. The minimum atomic E-state index is -0.0658. The minimum absolute atomic E-state index is 0.0658. The third-order valence-electron chi connectivity index (χ3n) is 2.88. The van der Waals surface area contributed by atoms with Gasteiger partial charge in [-0.25, -0.2) is 0 Å². The number of morpholine rings is 1. The molecule has 1 aromatic heterocycles. The molecule has 94 valence electrons. The maximum absolute atomic E-state index is 5.99. The van der Waals surface area contributed by atoms with Crippen molar-refractivity contribution in [2.24, 2.45) is 0 Å². The van der Waals surface area contributed by atoms with Gasteiger partial charge in [0.15, 0.2) is 0 Å². The second-order valence-corrected chi connectivity index (χ2v) is 5.83. The molecule has 0 aliphatic carbocycles. The molecule has 1 unspecified atom stereocenters. The first kappa shape index (κ1) is 13.0. The number of aromatic nitrogens is 1. The van der Waals surface area contributed by atoms with Crippen LogP contribution in [-0.2, 0) is 11.3 Å². The lowest BCUT2D eigenvalue weighted by Gasteiger charge is -2.42. The minimum Gasteiger partial charge on any atom is -0.369 e. The molecule has 2 heterocycles. The molecule has 0 bridgehead atoms. The quantitative estimate of drug-likeness (QED) is 0.802. The summed E-state index contributed by atoms with van der Waals surface area (Å²) in [6, 6.07) is 4.15. The molecule has 4 heteroatoms. The number of halogens is 1. The predicted molar refractivity (Wildman–Crippen MR) is 72.3 cm³/mol. The lowest BCUT2D eigenvalue weighted by molar-refractivity contribution is -0.128. The van der Waals surface area contributed by atoms with Crippen molar-refractivity contribution in [1.82, 2.24) is 9.88 Å². The van der Waals surface area contributed by atoms with Gasteiger partial charge in [-0.15, -0.1) is 0 Å². The van der Waals surface area contributed by atoms with E-state index in [9.17, 15) is 0 Å². The molecule has 0 saturated carbocycles. The summed E-state index contributed by atoms with van der Waals surface area (Å²) in [5.74, 6) is 0. The second-order valence-electron chi connectivity index (χ2n) is 5.18. The van der Waals surface area contributed by atoms with E-state index < -0.39 is 0 Å². The summed E-state index contributed by atoms with van der Waals surface area (Å²) < 4.78 is 5.99. The second kappa shape index (κ2) is 5.46. The zero-order valence-electron chi connectivity index (χ0n) is 10.4. The summed E-state index contributed by atoms with van der Waals surface area (Å²) in [7, 11) is 0. The Morgan fingerprint density at radius 3 is 2.82 bits per heavy atom. The van der Waals surface area contributed by atoms with Crippen molar-refractivity contribution in [3.05, 3.63) is 30.1 Å². The Hall–Kier alpha value is -0.450. The number of pyridine rings is 1. The van der Waals surface area contributed by atoms with E-state index in [4.69, 9.17) is 4.74 Å². The highest BCUT2D eigenvalue weighted by Crippen LogP contribution is 2.23. The van der Waals surface area contributed by atoms with Gasteiger partial charge in [0.1, 0.15) is 0 Å². The van der Waals surface area contributed by atoms with Gasteiger partial charge in [-0.1, -0.05) is 15.9 Å². The molecule has 0 aromatic carbocycles. The predicted octanol–water partition coefficient (Wildman–Crippen LogP) is 2.46. The summed E-state index contributed by atoms with van der Waals surface area (Å²) in [5.41, 5.74) is 1.25. The lowest BCUT2D eigenvalue weighted by Crippen LogP contribution is -2.52. The molecule has 1 fully saturated rings. The third-order valence-corrected chi connectivity index (χ3v) is 3.60. The van der Waals surface area contributed by atoms with Gasteiger partial charge in [0.05, 0.1) is 11.7 Å². The van der Waals surface area contributed by atoms with E-state index in [1.165, 1.54) is 5.56 Å². The van der Waals surface area contributed by atoms with Crippen LogP contribution in [0.2, 0.25) is 0 Å². The van der Waals surface area contributed by atoms with Crippen molar-refractivity contribution >= 4 is 15.9 Å². The highest BCUT2D eigenvalue weighted by atomic mass is 79.9. The van der Waals surface area contributed by atoms with E-state index >= 15 is 0 Å². The maximum atomic E-state index is 5.99. The first-order valence-electron chi connectivity index (χ1n) is 5.94. The smallest absolute Gasteiger partial charge is 0.0806 e. The number of alkyl halides is 1. The monoisotopic (exact) mass is 298 g/mol. The molecule has 0 spiro atoms. The van der Waals surface area contributed by atoms with Crippen molar-refractivity contribution in [1.29, 1.82) is 0 Å². The fraction of sp³-hybridized carbons (Fsp3) is 0.615. The van der Waals surface area contributed by atoms with Crippen LogP contribution in [0, 0.1) is 0 Å². The first-order chi connectivity index (χ1) is 8.09. The van der Waals surface area contributed by atoms with Gasteiger partial charge in [0, 0.05) is 37.4 Å². The average molecular weight is 299 g/mol.